The number of thiazole rings is 1. The van der Waals surface area contributed by atoms with Crippen molar-refractivity contribution in [2.45, 2.75) is 20.0 Å². The van der Waals surface area contributed by atoms with Gasteiger partial charge in [0.15, 0.2) is 5.96 Å². The molecule has 0 bridgehead atoms. The number of aromatic nitrogens is 1. The topological polar surface area (TPSA) is 52.6 Å². The van der Waals surface area contributed by atoms with E-state index < -0.39 is 0 Å². The first-order valence-corrected chi connectivity index (χ1v) is 8.02. The minimum atomic E-state index is 0.690. The Hall–Kier alpha value is -2.08. The largest absolute Gasteiger partial charge is 0.378 e. The van der Waals surface area contributed by atoms with Crippen LogP contribution in [-0.4, -0.2) is 32.1 Å². The minimum absolute atomic E-state index is 0.690. The lowest BCUT2D eigenvalue weighted by atomic mass is 10.2. The summed E-state index contributed by atoms with van der Waals surface area (Å²) in [4.78, 5) is 11.9. The van der Waals surface area contributed by atoms with Crippen molar-refractivity contribution >= 4 is 23.0 Å². The maximum Gasteiger partial charge on any atom is 0.191 e. The van der Waals surface area contributed by atoms with E-state index in [9.17, 15) is 0 Å². The van der Waals surface area contributed by atoms with Crippen molar-refractivity contribution in [1.82, 2.24) is 15.6 Å². The SMILES string of the molecule is CN=C(NCc1cccc(N(C)C)c1)NCc1ncc(C)s1. The number of nitrogens with zero attached hydrogens (tertiary/aromatic N) is 3. The molecule has 0 amide bonds. The van der Waals surface area contributed by atoms with Crippen LogP contribution >= 0.6 is 11.3 Å². The molecular formula is C16H23N5S. The van der Waals surface area contributed by atoms with Gasteiger partial charge in [-0.25, -0.2) is 4.98 Å². The van der Waals surface area contributed by atoms with E-state index in [2.05, 4.69) is 56.7 Å². The van der Waals surface area contributed by atoms with E-state index in [-0.39, 0.29) is 0 Å². The molecule has 118 valence electrons. The van der Waals surface area contributed by atoms with Gasteiger partial charge in [0.1, 0.15) is 5.01 Å². The summed E-state index contributed by atoms with van der Waals surface area (Å²) in [6.07, 6.45) is 1.89. The average Bonchev–Trinajstić information content (AvgIpc) is 2.93. The molecule has 0 aliphatic carbocycles. The second-order valence-electron chi connectivity index (χ2n) is 5.21. The fourth-order valence-corrected chi connectivity index (χ4v) is 2.72. The number of aliphatic imine (C=N–C) groups is 1. The van der Waals surface area contributed by atoms with Gasteiger partial charge in [0, 0.05) is 44.4 Å². The molecule has 1 aromatic heterocycles. The standard InChI is InChI=1S/C16H23N5S/c1-12-9-18-15(22-12)11-20-16(17-2)19-10-13-6-5-7-14(8-13)21(3)4/h5-9H,10-11H2,1-4H3,(H2,17,19,20). The maximum absolute atomic E-state index is 4.34. The van der Waals surface area contributed by atoms with E-state index in [0.717, 1.165) is 17.5 Å². The van der Waals surface area contributed by atoms with E-state index >= 15 is 0 Å². The van der Waals surface area contributed by atoms with Gasteiger partial charge in [-0.05, 0) is 24.6 Å². The summed E-state index contributed by atoms with van der Waals surface area (Å²) in [6, 6.07) is 8.45. The van der Waals surface area contributed by atoms with Crippen LogP contribution in [0.25, 0.3) is 0 Å². The number of rotatable bonds is 5. The van der Waals surface area contributed by atoms with Crippen molar-refractivity contribution in [2.75, 3.05) is 26.0 Å². The summed E-state index contributed by atoms with van der Waals surface area (Å²) in [5.74, 6) is 0.781. The van der Waals surface area contributed by atoms with Crippen molar-refractivity contribution in [3.8, 4) is 0 Å². The minimum Gasteiger partial charge on any atom is -0.378 e. The lowest BCUT2D eigenvalue weighted by Gasteiger charge is -2.15. The predicted octanol–water partition coefficient (Wildman–Crippen LogP) is 2.38. The Balaban J connectivity index is 1.87. The van der Waals surface area contributed by atoms with Crippen LogP contribution in [0.15, 0.2) is 35.5 Å². The molecule has 2 rings (SSSR count). The molecule has 0 radical (unpaired) electrons. The van der Waals surface area contributed by atoms with E-state index in [1.165, 1.54) is 16.1 Å². The lowest BCUT2D eigenvalue weighted by molar-refractivity contribution is 0.805. The van der Waals surface area contributed by atoms with Gasteiger partial charge in [-0.2, -0.15) is 0 Å². The van der Waals surface area contributed by atoms with Crippen LogP contribution in [0.1, 0.15) is 15.4 Å². The smallest absolute Gasteiger partial charge is 0.191 e. The average molecular weight is 317 g/mol. The number of guanidine groups is 1. The normalized spacial score (nSPS) is 11.4. The zero-order valence-electron chi connectivity index (χ0n) is 13.6. The first-order valence-electron chi connectivity index (χ1n) is 7.20. The third-order valence-corrected chi connectivity index (χ3v) is 4.10. The molecule has 2 N–H and O–H groups in total. The molecule has 0 saturated heterocycles. The van der Waals surface area contributed by atoms with E-state index in [0.29, 0.717) is 6.54 Å². The molecule has 1 heterocycles. The Morgan fingerprint density at radius 3 is 2.68 bits per heavy atom. The second kappa shape index (κ2) is 7.79. The fourth-order valence-electron chi connectivity index (χ4n) is 1.99. The second-order valence-corrected chi connectivity index (χ2v) is 6.53. The lowest BCUT2D eigenvalue weighted by Crippen LogP contribution is -2.36. The Morgan fingerprint density at radius 2 is 2.05 bits per heavy atom. The summed E-state index contributed by atoms with van der Waals surface area (Å²) in [5, 5.41) is 7.67. The van der Waals surface area contributed by atoms with Gasteiger partial charge in [0.25, 0.3) is 0 Å². The molecule has 0 unspecified atom stereocenters. The molecule has 1 aromatic carbocycles. The number of benzene rings is 1. The van der Waals surface area contributed by atoms with Gasteiger partial charge >= 0.3 is 0 Å². The highest BCUT2D eigenvalue weighted by Crippen LogP contribution is 2.13. The van der Waals surface area contributed by atoms with Crippen LogP contribution in [-0.2, 0) is 13.1 Å². The van der Waals surface area contributed by atoms with Crippen LogP contribution in [0, 0.1) is 6.92 Å². The quantitative estimate of drug-likeness (QED) is 0.657. The molecule has 6 heteroatoms. The van der Waals surface area contributed by atoms with Crippen molar-refractivity contribution in [2.24, 2.45) is 4.99 Å². The third-order valence-electron chi connectivity index (χ3n) is 3.19. The maximum atomic E-state index is 4.34. The van der Waals surface area contributed by atoms with Gasteiger partial charge in [0.2, 0.25) is 0 Å². The van der Waals surface area contributed by atoms with Gasteiger partial charge in [0.05, 0.1) is 6.54 Å². The van der Waals surface area contributed by atoms with E-state index in [1.807, 2.05) is 20.3 Å². The Kier molecular flexibility index (Phi) is 5.77. The summed E-state index contributed by atoms with van der Waals surface area (Å²) in [6.45, 7) is 3.49. The molecule has 0 spiro atoms. The number of hydrogen-bond acceptors (Lipinski definition) is 4. The predicted molar refractivity (Wildman–Crippen MR) is 94.7 cm³/mol. The van der Waals surface area contributed by atoms with Gasteiger partial charge < -0.3 is 15.5 Å². The summed E-state index contributed by atoms with van der Waals surface area (Å²) in [5.41, 5.74) is 2.42. The molecule has 5 nitrogen and oxygen atoms in total. The molecule has 2 aromatic rings. The molecule has 0 fully saturated rings. The molecule has 0 aliphatic rings. The van der Waals surface area contributed by atoms with Gasteiger partial charge in [-0.3, -0.25) is 4.99 Å². The highest BCUT2D eigenvalue weighted by molar-refractivity contribution is 7.11. The number of nitrogens with one attached hydrogen (secondary N) is 2. The monoisotopic (exact) mass is 317 g/mol. The van der Waals surface area contributed by atoms with Crippen LogP contribution < -0.4 is 15.5 Å². The molecular weight excluding hydrogens is 294 g/mol. The van der Waals surface area contributed by atoms with Crippen molar-refractivity contribution < 1.29 is 0 Å². The number of anilines is 1. The van der Waals surface area contributed by atoms with Crippen molar-refractivity contribution in [1.29, 1.82) is 0 Å². The van der Waals surface area contributed by atoms with Gasteiger partial charge in [-0.15, -0.1) is 11.3 Å². The van der Waals surface area contributed by atoms with Crippen LogP contribution in [0.2, 0.25) is 0 Å². The Labute approximate surface area is 136 Å². The Bertz CT molecular complexity index is 633. The summed E-state index contributed by atoms with van der Waals surface area (Å²) in [7, 11) is 5.87. The van der Waals surface area contributed by atoms with Crippen molar-refractivity contribution in [3.05, 3.63) is 45.9 Å². The molecule has 22 heavy (non-hydrogen) atoms. The first kappa shape index (κ1) is 16.3. The van der Waals surface area contributed by atoms with Crippen molar-refractivity contribution in [3.63, 3.8) is 0 Å². The first-order chi connectivity index (χ1) is 10.6. The number of hydrogen-bond donors (Lipinski definition) is 2. The molecule has 0 atom stereocenters. The number of aryl methyl sites for hydroxylation is 1. The zero-order chi connectivity index (χ0) is 15.9. The Morgan fingerprint density at radius 1 is 1.27 bits per heavy atom. The van der Waals surface area contributed by atoms with Crippen LogP contribution in [0.5, 0.6) is 0 Å². The fraction of sp³-hybridized carbons (Fsp3) is 0.375. The summed E-state index contributed by atoms with van der Waals surface area (Å²) >= 11 is 1.70. The molecule has 0 aliphatic heterocycles. The summed E-state index contributed by atoms with van der Waals surface area (Å²) < 4.78 is 0. The van der Waals surface area contributed by atoms with E-state index in [4.69, 9.17) is 0 Å². The van der Waals surface area contributed by atoms with E-state index in [1.54, 1.807) is 18.4 Å². The highest BCUT2D eigenvalue weighted by Gasteiger charge is 2.03. The van der Waals surface area contributed by atoms with Crippen LogP contribution in [0.4, 0.5) is 5.69 Å². The highest BCUT2D eigenvalue weighted by atomic mass is 32.1. The molecule has 0 saturated carbocycles. The van der Waals surface area contributed by atoms with Gasteiger partial charge in [-0.1, -0.05) is 12.1 Å². The van der Waals surface area contributed by atoms with Crippen LogP contribution in [0.3, 0.4) is 0 Å². The third kappa shape index (κ3) is 4.73. The zero-order valence-corrected chi connectivity index (χ0v) is 14.4.